The highest BCUT2D eigenvalue weighted by molar-refractivity contribution is 7.89. The lowest BCUT2D eigenvalue weighted by molar-refractivity contribution is -0.386. The molecule has 0 aliphatic rings. The fraction of sp³-hybridized carbons (Fsp3) is 0.300. The number of nitro benzene ring substituents is 1. The number of aromatic hydroxyl groups is 1. The molecule has 10 heteroatoms. The largest absolute Gasteiger partial charge is 0.502 e. The highest BCUT2D eigenvalue weighted by Gasteiger charge is 2.22. The topological polar surface area (TPSA) is 139 Å². The predicted molar refractivity (Wildman–Crippen MR) is 68.1 cm³/mol. The maximum atomic E-state index is 11.8. The number of phenolic OH excluding ortho intramolecular Hbond substituents is 1. The first-order valence-electron chi connectivity index (χ1n) is 5.44. The Morgan fingerprint density at radius 2 is 2.00 bits per heavy atom. The number of benzene rings is 1. The van der Waals surface area contributed by atoms with E-state index in [0.717, 1.165) is 12.1 Å². The van der Waals surface area contributed by atoms with Crippen LogP contribution in [0.5, 0.6) is 5.75 Å². The van der Waals surface area contributed by atoms with Crippen molar-refractivity contribution < 1.29 is 23.2 Å². The number of nitrogens with zero attached hydrogens (tertiary/aromatic N) is 1. The van der Waals surface area contributed by atoms with Crippen LogP contribution in [-0.2, 0) is 14.8 Å². The molecule has 0 bridgehead atoms. The molecule has 0 heterocycles. The third kappa shape index (κ3) is 3.65. The first-order valence-corrected chi connectivity index (χ1v) is 6.92. The summed E-state index contributed by atoms with van der Waals surface area (Å²) in [5.41, 5.74) is 1.23. The van der Waals surface area contributed by atoms with Gasteiger partial charge in [-0.15, -0.1) is 4.83 Å². The van der Waals surface area contributed by atoms with Crippen molar-refractivity contribution in [2.45, 2.75) is 18.7 Å². The molecule has 0 saturated heterocycles. The Morgan fingerprint density at radius 1 is 1.40 bits per heavy atom. The van der Waals surface area contributed by atoms with Crippen molar-refractivity contribution in [1.29, 1.82) is 0 Å². The fourth-order valence-electron chi connectivity index (χ4n) is 1.14. The van der Waals surface area contributed by atoms with Gasteiger partial charge in [0.1, 0.15) is 0 Å². The van der Waals surface area contributed by atoms with Crippen LogP contribution < -0.4 is 10.3 Å². The molecule has 0 aliphatic carbocycles. The van der Waals surface area contributed by atoms with Crippen molar-refractivity contribution in [2.24, 2.45) is 5.92 Å². The number of nitrogens with one attached hydrogen (secondary N) is 2. The molecule has 1 aromatic rings. The Hall–Kier alpha value is -2.20. The average Bonchev–Trinajstić information content (AvgIpc) is 2.35. The van der Waals surface area contributed by atoms with Crippen molar-refractivity contribution in [2.75, 3.05) is 0 Å². The molecular weight excluding hydrogens is 290 g/mol. The zero-order valence-electron chi connectivity index (χ0n) is 10.7. The molecule has 0 spiro atoms. The standard InChI is InChI=1S/C10H13N3O6S/c1-6(2)10(15)11-12-20(18,19)7-3-4-9(14)8(5-7)13(16)17/h3-6,12,14H,1-2H3,(H,11,15). The Balaban J connectivity index is 3.02. The minimum Gasteiger partial charge on any atom is -0.502 e. The van der Waals surface area contributed by atoms with Gasteiger partial charge in [-0.05, 0) is 12.1 Å². The zero-order chi connectivity index (χ0) is 15.5. The maximum absolute atomic E-state index is 11.8. The summed E-state index contributed by atoms with van der Waals surface area (Å²) in [7, 11) is -4.16. The summed E-state index contributed by atoms with van der Waals surface area (Å²) < 4.78 is 23.6. The lowest BCUT2D eigenvalue weighted by Crippen LogP contribution is -2.43. The summed E-state index contributed by atoms with van der Waals surface area (Å²) in [4.78, 5) is 22.3. The molecule has 0 saturated carbocycles. The van der Waals surface area contributed by atoms with Gasteiger partial charge in [0, 0.05) is 12.0 Å². The van der Waals surface area contributed by atoms with Crippen LogP contribution in [0, 0.1) is 16.0 Å². The molecule has 1 rings (SSSR count). The van der Waals surface area contributed by atoms with E-state index in [0.29, 0.717) is 6.07 Å². The molecule has 0 unspecified atom stereocenters. The number of hydrogen-bond acceptors (Lipinski definition) is 6. The van der Waals surface area contributed by atoms with Crippen LogP contribution in [0.25, 0.3) is 0 Å². The van der Waals surface area contributed by atoms with Gasteiger partial charge in [0.25, 0.3) is 10.0 Å². The second-order valence-corrected chi connectivity index (χ2v) is 5.84. The van der Waals surface area contributed by atoms with Crippen molar-refractivity contribution >= 4 is 21.6 Å². The van der Waals surface area contributed by atoms with Crippen molar-refractivity contribution in [1.82, 2.24) is 10.3 Å². The Labute approximate surface area is 114 Å². The molecule has 20 heavy (non-hydrogen) atoms. The fourth-order valence-corrected chi connectivity index (χ4v) is 2.00. The summed E-state index contributed by atoms with van der Waals surface area (Å²) in [5, 5.41) is 19.9. The molecule has 0 aromatic heterocycles. The molecule has 110 valence electrons. The summed E-state index contributed by atoms with van der Waals surface area (Å²) in [6.45, 7) is 3.13. The zero-order valence-corrected chi connectivity index (χ0v) is 11.5. The summed E-state index contributed by atoms with van der Waals surface area (Å²) in [5.74, 6) is -1.64. The number of amides is 1. The van der Waals surface area contributed by atoms with E-state index in [9.17, 15) is 28.4 Å². The molecule has 1 aromatic carbocycles. The van der Waals surface area contributed by atoms with E-state index in [1.807, 2.05) is 10.3 Å². The summed E-state index contributed by atoms with van der Waals surface area (Å²) in [6.07, 6.45) is 0. The van der Waals surface area contributed by atoms with Crippen molar-refractivity contribution in [3.05, 3.63) is 28.3 Å². The van der Waals surface area contributed by atoms with Crippen LogP contribution >= 0.6 is 0 Å². The molecule has 0 fully saturated rings. The molecule has 0 atom stereocenters. The van der Waals surface area contributed by atoms with Crippen LogP contribution in [-0.4, -0.2) is 24.4 Å². The van der Waals surface area contributed by atoms with E-state index in [1.165, 1.54) is 0 Å². The lowest BCUT2D eigenvalue weighted by Gasteiger charge is -2.10. The van der Waals surface area contributed by atoms with E-state index in [1.54, 1.807) is 13.8 Å². The Bertz CT molecular complexity index is 640. The van der Waals surface area contributed by atoms with E-state index in [4.69, 9.17) is 0 Å². The van der Waals surface area contributed by atoms with Crippen LogP contribution in [0.4, 0.5) is 5.69 Å². The molecule has 3 N–H and O–H groups in total. The third-order valence-corrected chi connectivity index (χ3v) is 3.53. The second kappa shape index (κ2) is 5.84. The van der Waals surface area contributed by atoms with Gasteiger partial charge in [-0.1, -0.05) is 13.8 Å². The Morgan fingerprint density at radius 3 is 2.50 bits per heavy atom. The SMILES string of the molecule is CC(C)C(=O)NNS(=O)(=O)c1ccc(O)c([N+](=O)[O-])c1. The Kier molecular flexibility index (Phi) is 4.63. The van der Waals surface area contributed by atoms with Gasteiger partial charge in [0.15, 0.2) is 5.75 Å². The smallest absolute Gasteiger partial charge is 0.312 e. The number of hydrogen-bond donors (Lipinski definition) is 3. The number of carbonyl (C=O) groups excluding carboxylic acids is 1. The van der Waals surface area contributed by atoms with Gasteiger partial charge in [0.2, 0.25) is 5.91 Å². The molecular formula is C10H13N3O6S. The summed E-state index contributed by atoms with van der Waals surface area (Å²) >= 11 is 0. The molecule has 0 aliphatic heterocycles. The van der Waals surface area contributed by atoms with Crippen LogP contribution in [0.1, 0.15) is 13.8 Å². The predicted octanol–water partition coefficient (Wildman–Crippen LogP) is 0.266. The first-order chi connectivity index (χ1) is 9.15. The number of carbonyl (C=O) groups is 1. The van der Waals surface area contributed by atoms with Gasteiger partial charge in [-0.2, -0.15) is 0 Å². The number of hydrazine groups is 1. The molecule has 9 nitrogen and oxygen atoms in total. The van der Waals surface area contributed by atoms with E-state index >= 15 is 0 Å². The van der Waals surface area contributed by atoms with Gasteiger partial charge >= 0.3 is 5.69 Å². The van der Waals surface area contributed by atoms with Crippen LogP contribution in [0.2, 0.25) is 0 Å². The lowest BCUT2D eigenvalue weighted by atomic mass is 10.2. The average molecular weight is 303 g/mol. The normalized spacial score (nSPS) is 11.3. The molecule has 0 radical (unpaired) electrons. The minimum absolute atomic E-state index is 0.438. The van der Waals surface area contributed by atoms with Crippen molar-refractivity contribution in [3.8, 4) is 5.75 Å². The third-order valence-electron chi connectivity index (χ3n) is 2.29. The van der Waals surface area contributed by atoms with Gasteiger partial charge in [-0.3, -0.25) is 20.3 Å². The van der Waals surface area contributed by atoms with Crippen LogP contribution in [0.15, 0.2) is 23.1 Å². The minimum atomic E-state index is -4.16. The van der Waals surface area contributed by atoms with Gasteiger partial charge < -0.3 is 5.11 Å². The number of rotatable bonds is 5. The number of sulfonamides is 1. The van der Waals surface area contributed by atoms with E-state index in [2.05, 4.69) is 0 Å². The van der Waals surface area contributed by atoms with Gasteiger partial charge in [-0.25, -0.2) is 8.42 Å². The monoisotopic (exact) mass is 303 g/mol. The van der Waals surface area contributed by atoms with Crippen LogP contribution in [0.3, 0.4) is 0 Å². The number of nitro groups is 1. The van der Waals surface area contributed by atoms with E-state index < -0.39 is 43.1 Å². The number of phenols is 1. The summed E-state index contributed by atoms with van der Waals surface area (Å²) in [6, 6.07) is 2.56. The van der Waals surface area contributed by atoms with E-state index in [-0.39, 0.29) is 0 Å². The maximum Gasteiger partial charge on any atom is 0.312 e. The van der Waals surface area contributed by atoms with Crippen molar-refractivity contribution in [3.63, 3.8) is 0 Å². The highest BCUT2D eigenvalue weighted by Crippen LogP contribution is 2.27. The second-order valence-electron chi connectivity index (χ2n) is 4.16. The van der Waals surface area contributed by atoms with Gasteiger partial charge in [0.05, 0.1) is 9.82 Å². The first kappa shape index (κ1) is 15.9. The highest BCUT2D eigenvalue weighted by atomic mass is 32.2. The quantitative estimate of drug-likeness (QED) is 0.527. The molecule has 1 amide bonds.